The van der Waals surface area contributed by atoms with Crippen LogP contribution in [0.25, 0.3) is 55.0 Å². The third-order valence-corrected chi connectivity index (χ3v) is 8.07. The van der Waals surface area contributed by atoms with Crippen molar-refractivity contribution in [2.45, 2.75) is 0 Å². The number of anilines is 3. The van der Waals surface area contributed by atoms with Gasteiger partial charge in [-0.2, -0.15) is 0 Å². The van der Waals surface area contributed by atoms with Crippen LogP contribution in [0.15, 0.2) is 168 Å². The molecule has 42 heavy (non-hydrogen) atoms. The van der Waals surface area contributed by atoms with Crippen LogP contribution in [0, 0.1) is 0 Å². The van der Waals surface area contributed by atoms with E-state index in [4.69, 9.17) is 4.42 Å². The molecule has 1 heterocycles. The molecule has 0 saturated heterocycles. The van der Waals surface area contributed by atoms with Crippen molar-refractivity contribution in [2.24, 2.45) is 0 Å². The number of furan rings is 1. The summed E-state index contributed by atoms with van der Waals surface area (Å²) in [7, 11) is 0. The highest BCUT2D eigenvalue weighted by Gasteiger charge is 2.16. The zero-order valence-corrected chi connectivity index (χ0v) is 22.9. The third-order valence-electron chi connectivity index (χ3n) is 8.07. The summed E-state index contributed by atoms with van der Waals surface area (Å²) in [5, 5.41) is 4.74. The molecule has 0 amide bonds. The van der Waals surface area contributed by atoms with Gasteiger partial charge in [0.05, 0.1) is 0 Å². The lowest BCUT2D eigenvalue weighted by Gasteiger charge is -2.25. The van der Waals surface area contributed by atoms with Crippen molar-refractivity contribution in [2.75, 3.05) is 4.90 Å². The van der Waals surface area contributed by atoms with Crippen LogP contribution in [-0.2, 0) is 0 Å². The minimum atomic E-state index is 0.884. The number of hydrogen-bond donors (Lipinski definition) is 0. The number of hydrogen-bond acceptors (Lipinski definition) is 2. The van der Waals surface area contributed by atoms with Crippen LogP contribution < -0.4 is 4.90 Å². The fourth-order valence-corrected chi connectivity index (χ4v) is 5.99. The first-order valence-corrected chi connectivity index (χ1v) is 14.3. The Bertz CT molecular complexity index is 2160. The van der Waals surface area contributed by atoms with Gasteiger partial charge < -0.3 is 9.32 Å². The molecule has 0 N–H and O–H groups in total. The maximum atomic E-state index is 6.41. The highest BCUT2D eigenvalue weighted by molar-refractivity contribution is 6.19. The monoisotopic (exact) mass is 537 g/mol. The Kier molecular flexibility index (Phi) is 5.82. The molecule has 7 aromatic carbocycles. The molecule has 1 aromatic heterocycles. The second-order valence-corrected chi connectivity index (χ2v) is 10.6. The maximum Gasteiger partial charge on any atom is 0.137 e. The number of para-hydroxylation sites is 1. The first-order chi connectivity index (χ1) is 20.8. The summed E-state index contributed by atoms with van der Waals surface area (Å²) in [6.45, 7) is 0. The van der Waals surface area contributed by atoms with Gasteiger partial charge in [-0.25, -0.2) is 0 Å². The van der Waals surface area contributed by atoms with Crippen LogP contribution in [0.2, 0.25) is 0 Å². The first-order valence-electron chi connectivity index (χ1n) is 14.3. The Labute approximate surface area is 244 Å². The van der Waals surface area contributed by atoms with Gasteiger partial charge in [0.25, 0.3) is 0 Å². The minimum Gasteiger partial charge on any atom is -0.456 e. The van der Waals surface area contributed by atoms with Crippen molar-refractivity contribution < 1.29 is 4.42 Å². The van der Waals surface area contributed by atoms with Gasteiger partial charge in [-0.1, -0.05) is 115 Å². The topological polar surface area (TPSA) is 16.4 Å². The normalized spacial score (nSPS) is 11.3. The molecule has 0 atom stereocenters. The zero-order chi connectivity index (χ0) is 27.9. The molecule has 0 radical (unpaired) electrons. The molecule has 0 aliphatic carbocycles. The average molecular weight is 538 g/mol. The molecular weight excluding hydrogens is 510 g/mol. The number of nitrogens with zero attached hydrogens (tertiary/aromatic N) is 1. The quantitative estimate of drug-likeness (QED) is 0.217. The van der Waals surface area contributed by atoms with E-state index in [9.17, 15) is 0 Å². The zero-order valence-electron chi connectivity index (χ0n) is 22.9. The third kappa shape index (κ3) is 4.22. The van der Waals surface area contributed by atoms with Crippen LogP contribution in [0.3, 0.4) is 0 Å². The summed E-state index contributed by atoms with van der Waals surface area (Å²) in [5.74, 6) is 0. The maximum absolute atomic E-state index is 6.41. The van der Waals surface area contributed by atoms with Gasteiger partial charge in [0.15, 0.2) is 0 Å². The first kappa shape index (κ1) is 24.2. The summed E-state index contributed by atoms with van der Waals surface area (Å²) < 4.78 is 6.41. The van der Waals surface area contributed by atoms with E-state index in [-0.39, 0.29) is 0 Å². The van der Waals surface area contributed by atoms with E-state index in [1.807, 2.05) is 0 Å². The molecule has 2 heteroatoms. The van der Waals surface area contributed by atoms with Crippen molar-refractivity contribution in [1.82, 2.24) is 0 Å². The largest absolute Gasteiger partial charge is 0.456 e. The van der Waals surface area contributed by atoms with Crippen LogP contribution in [0.4, 0.5) is 17.1 Å². The van der Waals surface area contributed by atoms with Gasteiger partial charge in [-0.15, -0.1) is 0 Å². The van der Waals surface area contributed by atoms with E-state index in [2.05, 4.69) is 169 Å². The number of rotatable bonds is 5. The second-order valence-electron chi connectivity index (χ2n) is 10.6. The fourth-order valence-electron chi connectivity index (χ4n) is 5.99. The summed E-state index contributed by atoms with van der Waals surface area (Å²) in [6, 6.07) is 57.9. The van der Waals surface area contributed by atoms with E-state index in [1.54, 1.807) is 0 Å². The van der Waals surface area contributed by atoms with E-state index < -0.39 is 0 Å². The van der Waals surface area contributed by atoms with Crippen molar-refractivity contribution in [3.05, 3.63) is 164 Å². The van der Waals surface area contributed by atoms with E-state index in [0.29, 0.717) is 0 Å². The van der Waals surface area contributed by atoms with E-state index in [0.717, 1.165) is 33.6 Å². The van der Waals surface area contributed by atoms with Gasteiger partial charge in [0.2, 0.25) is 0 Å². The minimum absolute atomic E-state index is 0.884. The SMILES string of the molecule is c1ccc(-c2ccc(-c3ccc(N(c4ccccc4)c4ccc5c(c4)oc4ccc6ccccc6c45)cc3)cc2)cc1. The van der Waals surface area contributed by atoms with Crippen molar-refractivity contribution in [3.8, 4) is 22.3 Å². The Morgan fingerprint density at radius 1 is 0.357 bits per heavy atom. The second kappa shape index (κ2) is 10.1. The Balaban J connectivity index is 1.19. The van der Waals surface area contributed by atoms with Gasteiger partial charge >= 0.3 is 0 Å². The predicted octanol–water partition coefficient (Wildman–Crippen LogP) is 11.5. The summed E-state index contributed by atoms with van der Waals surface area (Å²) in [6.07, 6.45) is 0. The standard InChI is InChI=1S/C40H27NO/c1-3-9-28(10-4-1)29-15-17-30(18-16-29)31-19-22-34(23-20-31)41(33-12-5-2-6-13-33)35-24-25-37-39(27-35)42-38-26-21-32-11-7-8-14-36(32)40(37)38/h1-27H. The molecule has 0 saturated carbocycles. The summed E-state index contributed by atoms with van der Waals surface area (Å²) in [5.41, 5.74) is 9.87. The van der Waals surface area contributed by atoms with Gasteiger partial charge in [0, 0.05) is 33.9 Å². The lowest BCUT2D eigenvalue weighted by Crippen LogP contribution is -2.09. The van der Waals surface area contributed by atoms with Crippen LogP contribution in [0.1, 0.15) is 0 Å². The molecule has 0 spiro atoms. The Morgan fingerprint density at radius 3 is 1.62 bits per heavy atom. The molecule has 8 rings (SSSR count). The van der Waals surface area contributed by atoms with Crippen molar-refractivity contribution in [1.29, 1.82) is 0 Å². The average Bonchev–Trinajstić information content (AvgIpc) is 3.45. The van der Waals surface area contributed by atoms with Crippen LogP contribution in [0.5, 0.6) is 0 Å². The highest BCUT2D eigenvalue weighted by atomic mass is 16.3. The molecule has 2 nitrogen and oxygen atoms in total. The molecule has 8 aromatic rings. The Hall–Kier alpha value is -5.60. The molecule has 0 fully saturated rings. The van der Waals surface area contributed by atoms with Gasteiger partial charge in [-0.05, 0) is 75.5 Å². The molecule has 198 valence electrons. The lowest BCUT2D eigenvalue weighted by atomic mass is 10.00. The van der Waals surface area contributed by atoms with Gasteiger partial charge in [0.1, 0.15) is 11.2 Å². The molecular formula is C40H27NO. The van der Waals surface area contributed by atoms with Gasteiger partial charge in [-0.3, -0.25) is 0 Å². The van der Waals surface area contributed by atoms with Crippen LogP contribution >= 0.6 is 0 Å². The fraction of sp³-hybridized carbons (Fsp3) is 0. The van der Waals surface area contributed by atoms with Crippen molar-refractivity contribution in [3.63, 3.8) is 0 Å². The predicted molar refractivity (Wildman–Crippen MR) is 177 cm³/mol. The summed E-state index contributed by atoms with van der Waals surface area (Å²) in [4.78, 5) is 2.28. The lowest BCUT2D eigenvalue weighted by molar-refractivity contribution is 0.669. The van der Waals surface area contributed by atoms with Crippen LogP contribution in [-0.4, -0.2) is 0 Å². The van der Waals surface area contributed by atoms with Crippen molar-refractivity contribution >= 4 is 49.8 Å². The summed E-state index contributed by atoms with van der Waals surface area (Å²) >= 11 is 0. The Morgan fingerprint density at radius 2 is 0.905 bits per heavy atom. The van der Waals surface area contributed by atoms with E-state index >= 15 is 0 Å². The highest BCUT2D eigenvalue weighted by Crippen LogP contribution is 2.40. The molecule has 0 bridgehead atoms. The van der Waals surface area contributed by atoms with E-state index in [1.165, 1.54) is 38.4 Å². The molecule has 0 unspecified atom stereocenters. The smallest absolute Gasteiger partial charge is 0.137 e. The number of benzene rings is 7. The molecule has 0 aliphatic rings. The number of fused-ring (bicyclic) bond motifs is 5. The molecule has 0 aliphatic heterocycles.